The molecule has 0 amide bonds. The summed E-state index contributed by atoms with van der Waals surface area (Å²) in [4.78, 5) is 11.7. The first-order valence-electron chi connectivity index (χ1n) is 6.40. The van der Waals surface area contributed by atoms with Gasteiger partial charge in [-0.15, -0.1) is 0 Å². The molecule has 3 unspecified atom stereocenters. The molecule has 15 heavy (non-hydrogen) atoms. The fraction of sp³-hybridized carbons (Fsp3) is 0.923. The van der Waals surface area contributed by atoms with Crippen molar-refractivity contribution in [1.29, 1.82) is 0 Å². The van der Waals surface area contributed by atoms with E-state index in [1.807, 2.05) is 0 Å². The third-order valence-electron chi connectivity index (χ3n) is 4.08. The summed E-state index contributed by atoms with van der Waals surface area (Å²) in [5, 5.41) is 3.21. The van der Waals surface area contributed by atoms with Gasteiger partial charge in [-0.05, 0) is 37.0 Å². The molecule has 0 saturated heterocycles. The Labute approximate surface area is 92.8 Å². The molecule has 3 atom stereocenters. The summed E-state index contributed by atoms with van der Waals surface area (Å²) in [6.45, 7) is 4.75. The molecular weight excluding hydrogens is 186 g/mol. The predicted molar refractivity (Wildman–Crippen MR) is 61.7 cm³/mol. The van der Waals surface area contributed by atoms with Gasteiger partial charge in [0, 0.05) is 12.5 Å². The van der Waals surface area contributed by atoms with E-state index in [0.717, 1.165) is 24.2 Å². The van der Waals surface area contributed by atoms with E-state index >= 15 is 0 Å². The van der Waals surface area contributed by atoms with E-state index in [1.165, 1.54) is 25.7 Å². The van der Waals surface area contributed by atoms with Crippen LogP contribution in [-0.2, 0) is 4.79 Å². The largest absolute Gasteiger partial charge is 0.308 e. The predicted octanol–water partition coefficient (Wildman–Crippen LogP) is 2.38. The first-order valence-corrected chi connectivity index (χ1v) is 6.40. The summed E-state index contributed by atoms with van der Waals surface area (Å²) in [6, 6.07) is 0.425. The van der Waals surface area contributed by atoms with Gasteiger partial charge in [0.15, 0.2) is 0 Å². The van der Waals surface area contributed by atoms with E-state index in [4.69, 9.17) is 0 Å². The second-order valence-electron chi connectivity index (χ2n) is 5.71. The Morgan fingerprint density at radius 3 is 2.67 bits per heavy atom. The zero-order valence-corrected chi connectivity index (χ0v) is 9.96. The average molecular weight is 209 g/mol. The molecule has 2 heteroatoms. The number of Topliss-reactive ketones (excluding diaryl/α,β-unsaturated/α-hetero) is 1. The van der Waals surface area contributed by atoms with E-state index in [-0.39, 0.29) is 0 Å². The van der Waals surface area contributed by atoms with Crippen LogP contribution >= 0.6 is 0 Å². The minimum atomic E-state index is 0.418. The fourth-order valence-electron chi connectivity index (χ4n) is 3.31. The Bertz CT molecular complexity index is 237. The van der Waals surface area contributed by atoms with Crippen LogP contribution in [-0.4, -0.2) is 18.4 Å². The highest BCUT2D eigenvalue weighted by atomic mass is 16.1. The van der Waals surface area contributed by atoms with Crippen molar-refractivity contribution in [3.05, 3.63) is 0 Å². The lowest BCUT2D eigenvalue weighted by molar-refractivity contribution is -0.119. The van der Waals surface area contributed by atoms with Crippen molar-refractivity contribution in [2.45, 2.75) is 52.0 Å². The van der Waals surface area contributed by atoms with Crippen LogP contribution in [0.3, 0.4) is 0 Å². The summed E-state index contributed by atoms with van der Waals surface area (Å²) in [5.74, 6) is 3.00. The summed E-state index contributed by atoms with van der Waals surface area (Å²) in [7, 11) is 0. The number of hydrogen-bond donors (Lipinski definition) is 1. The molecule has 0 spiro atoms. The molecule has 0 heterocycles. The van der Waals surface area contributed by atoms with Gasteiger partial charge in [0.2, 0.25) is 0 Å². The number of nitrogens with one attached hydrogen (secondary N) is 1. The van der Waals surface area contributed by atoms with Gasteiger partial charge in [-0.3, -0.25) is 4.79 Å². The van der Waals surface area contributed by atoms with E-state index in [2.05, 4.69) is 19.2 Å². The normalized spacial score (nSPS) is 33.9. The molecule has 0 radical (unpaired) electrons. The lowest BCUT2D eigenvalue weighted by Crippen LogP contribution is -2.30. The lowest BCUT2D eigenvalue weighted by atomic mass is 9.85. The van der Waals surface area contributed by atoms with E-state index < -0.39 is 0 Å². The molecule has 2 aliphatic rings. The summed E-state index contributed by atoms with van der Waals surface area (Å²) in [6.07, 6.45) is 6.40. The van der Waals surface area contributed by atoms with Crippen LogP contribution in [0.2, 0.25) is 0 Å². The fourth-order valence-corrected chi connectivity index (χ4v) is 3.31. The highest BCUT2D eigenvalue weighted by molar-refractivity contribution is 5.80. The van der Waals surface area contributed by atoms with Gasteiger partial charge in [0.25, 0.3) is 0 Å². The molecule has 86 valence electrons. The number of carbonyl (C=O) groups is 1. The molecule has 0 aromatic heterocycles. The molecule has 0 aromatic carbocycles. The number of fused-ring (bicyclic) bond motifs is 2. The summed E-state index contributed by atoms with van der Waals surface area (Å²) in [5.41, 5.74) is 0. The van der Waals surface area contributed by atoms with Crippen molar-refractivity contribution in [3.63, 3.8) is 0 Å². The Morgan fingerprint density at radius 2 is 2.13 bits per heavy atom. The van der Waals surface area contributed by atoms with Crippen molar-refractivity contribution in [1.82, 2.24) is 5.32 Å². The first kappa shape index (κ1) is 11.1. The average Bonchev–Trinajstić information content (AvgIpc) is 2.76. The molecule has 2 rings (SSSR count). The first-order chi connectivity index (χ1) is 7.15. The number of hydrogen-bond acceptors (Lipinski definition) is 2. The van der Waals surface area contributed by atoms with Crippen LogP contribution in [0.4, 0.5) is 0 Å². The molecule has 2 fully saturated rings. The third-order valence-corrected chi connectivity index (χ3v) is 4.08. The second kappa shape index (κ2) is 4.65. The van der Waals surface area contributed by atoms with Gasteiger partial charge in [0.1, 0.15) is 5.78 Å². The van der Waals surface area contributed by atoms with Crippen LogP contribution < -0.4 is 5.32 Å². The van der Waals surface area contributed by atoms with E-state index in [0.29, 0.717) is 18.4 Å². The minimum Gasteiger partial charge on any atom is -0.308 e. The van der Waals surface area contributed by atoms with Crippen LogP contribution in [0.1, 0.15) is 46.0 Å². The van der Waals surface area contributed by atoms with Crippen molar-refractivity contribution < 1.29 is 4.79 Å². The van der Waals surface area contributed by atoms with Crippen molar-refractivity contribution in [2.75, 3.05) is 6.54 Å². The van der Waals surface area contributed by atoms with Crippen molar-refractivity contribution in [3.8, 4) is 0 Å². The molecule has 2 aliphatic carbocycles. The Hall–Kier alpha value is -0.370. The van der Waals surface area contributed by atoms with Crippen molar-refractivity contribution >= 4 is 5.78 Å². The zero-order chi connectivity index (χ0) is 10.8. The summed E-state index contributed by atoms with van der Waals surface area (Å²) < 4.78 is 0. The number of ketones is 1. The maximum absolute atomic E-state index is 11.7. The molecule has 2 saturated carbocycles. The lowest BCUT2D eigenvalue weighted by Gasteiger charge is -2.21. The standard InChI is InChI=1S/C13H23NO/c1-9(2)14-8-13(15)7-12-6-10-3-4-11(12)5-10/h9-12,14H,3-8H2,1-2H3. The Kier molecular flexibility index (Phi) is 3.45. The summed E-state index contributed by atoms with van der Waals surface area (Å²) >= 11 is 0. The molecule has 0 aromatic rings. The van der Waals surface area contributed by atoms with E-state index in [1.54, 1.807) is 0 Å². The topological polar surface area (TPSA) is 29.1 Å². The number of rotatable bonds is 5. The molecule has 2 nitrogen and oxygen atoms in total. The SMILES string of the molecule is CC(C)NCC(=O)CC1CC2CCC1C2. The van der Waals surface area contributed by atoms with Crippen LogP contribution in [0.15, 0.2) is 0 Å². The van der Waals surface area contributed by atoms with Gasteiger partial charge in [0.05, 0.1) is 6.54 Å². The van der Waals surface area contributed by atoms with E-state index in [9.17, 15) is 4.79 Å². The van der Waals surface area contributed by atoms with Gasteiger partial charge in [-0.1, -0.05) is 20.3 Å². The minimum absolute atomic E-state index is 0.418. The Morgan fingerprint density at radius 1 is 1.33 bits per heavy atom. The molecule has 0 aliphatic heterocycles. The van der Waals surface area contributed by atoms with Crippen LogP contribution in [0.5, 0.6) is 0 Å². The number of carbonyl (C=O) groups excluding carboxylic acids is 1. The molecule has 2 bridgehead atoms. The van der Waals surface area contributed by atoms with Crippen LogP contribution in [0.25, 0.3) is 0 Å². The van der Waals surface area contributed by atoms with Crippen molar-refractivity contribution in [2.24, 2.45) is 17.8 Å². The smallest absolute Gasteiger partial charge is 0.146 e. The third kappa shape index (κ3) is 2.81. The maximum atomic E-state index is 11.7. The Balaban J connectivity index is 1.71. The highest BCUT2D eigenvalue weighted by Crippen LogP contribution is 2.49. The van der Waals surface area contributed by atoms with Gasteiger partial charge in [-0.2, -0.15) is 0 Å². The van der Waals surface area contributed by atoms with Gasteiger partial charge < -0.3 is 5.32 Å². The van der Waals surface area contributed by atoms with Gasteiger partial charge in [-0.25, -0.2) is 0 Å². The van der Waals surface area contributed by atoms with Crippen LogP contribution in [0, 0.1) is 17.8 Å². The van der Waals surface area contributed by atoms with Gasteiger partial charge >= 0.3 is 0 Å². The molecule has 1 N–H and O–H groups in total. The highest BCUT2D eigenvalue weighted by Gasteiger charge is 2.39. The zero-order valence-electron chi connectivity index (χ0n) is 9.96. The maximum Gasteiger partial charge on any atom is 0.146 e. The monoisotopic (exact) mass is 209 g/mol. The quantitative estimate of drug-likeness (QED) is 0.753. The second-order valence-corrected chi connectivity index (χ2v) is 5.71. The molecular formula is C13H23NO.